The van der Waals surface area contributed by atoms with E-state index in [1.165, 1.54) is 6.07 Å². The van der Waals surface area contributed by atoms with Crippen molar-refractivity contribution in [2.45, 2.75) is 26.3 Å². The number of nitrogens with one attached hydrogen (secondary N) is 1. The van der Waals surface area contributed by atoms with Gasteiger partial charge in [-0.2, -0.15) is 11.8 Å². The average Bonchev–Trinajstić information content (AvgIpc) is 2.43. The Morgan fingerprint density at radius 2 is 2.25 bits per heavy atom. The van der Waals surface area contributed by atoms with Crippen molar-refractivity contribution in [2.75, 3.05) is 35.8 Å². The normalized spacial score (nSPS) is 12.0. The van der Waals surface area contributed by atoms with Crippen LogP contribution in [0, 0.1) is 10.1 Å². The third-order valence-electron chi connectivity index (χ3n) is 3.14. The van der Waals surface area contributed by atoms with Crippen LogP contribution >= 0.6 is 11.8 Å². The molecule has 20 heavy (non-hydrogen) atoms. The molecule has 0 aliphatic carbocycles. The van der Waals surface area contributed by atoms with Gasteiger partial charge in [0.15, 0.2) is 0 Å². The molecule has 7 heteroatoms. The van der Waals surface area contributed by atoms with E-state index in [0.717, 1.165) is 18.7 Å². The van der Waals surface area contributed by atoms with E-state index in [1.807, 2.05) is 18.9 Å². The summed E-state index contributed by atoms with van der Waals surface area (Å²) in [6.45, 7) is 4.76. The highest BCUT2D eigenvalue weighted by molar-refractivity contribution is 7.98. The number of hydrogen-bond acceptors (Lipinski definition) is 6. The van der Waals surface area contributed by atoms with Crippen LogP contribution in [0.25, 0.3) is 0 Å². The van der Waals surface area contributed by atoms with Crippen LogP contribution in [0.15, 0.2) is 12.1 Å². The smallest absolute Gasteiger partial charge is 0.311 e. The number of pyridine rings is 1. The van der Waals surface area contributed by atoms with Crippen molar-refractivity contribution >= 4 is 29.1 Å². The van der Waals surface area contributed by atoms with Crippen molar-refractivity contribution in [1.82, 2.24) is 4.98 Å². The molecule has 6 nitrogen and oxygen atoms in total. The monoisotopic (exact) mass is 298 g/mol. The number of hydrogen-bond donors (Lipinski definition) is 1. The standard InChI is InChI=1S/C13H22N4O2S/c1-5-14-12-7-6-11(17(18)19)13(15-12)16(3)10(2)8-9-20-4/h6-7,10H,5,8-9H2,1-4H3,(H,14,15). The summed E-state index contributed by atoms with van der Waals surface area (Å²) in [5.41, 5.74) is 0.0464. The molecule has 1 atom stereocenters. The average molecular weight is 298 g/mol. The topological polar surface area (TPSA) is 71.3 Å². The van der Waals surface area contributed by atoms with Gasteiger partial charge in [-0.15, -0.1) is 0 Å². The molecule has 1 N–H and O–H groups in total. The van der Waals surface area contributed by atoms with Crippen LogP contribution in [0.1, 0.15) is 20.3 Å². The zero-order chi connectivity index (χ0) is 15.1. The minimum absolute atomic E-state index is 0.0464. The quantitative estimate of drug-likeness (QED) is 0.587. The van der Waals surface area contributed by atoms with Crippen LogP contribution in [0.5, 0.6) is 0 Å². The van der Waals surface area contributed by atoms with Gasteiger partial charge in [-0.25, -0.2) is 4.98 Å². The lowest BCUT2D eigenvalue weighted by Gasteiger charge is -2.25. The first kappa shape index (κ1) is 16.6. The SMILES string of the molecule is CCNc1ccc([N+](=O)[O-])c(N(C)C(C)CCSC)n1. The summed E-state index contributed by atoms with van der Waals surface area (Å²) in [7, 11) is 1.86. The Morgan fingerprint density at radius 3 is 2.80 bits per heavy atom. The van der Waals surface area contributed by atoms with Crippen molar-refractivity contribution in [2.24, 2.45) is 0 Å². The number of thioether (sulfide) groups is 1. The van der Waals surface area contributed by atoms with Crippen LogP contribution in [0.2, 0.25) is 0 Å². The van der Waals surface area contributed by atoms with Crippen molar-refractivity contribution in [3.05, 3.63) is 22.2 Å². The molecule has 1 aromatic heterocycles. The molecule has 1 heterocycles. The van der Waals surface area contributed by atoms with E-state index < -0.39 is 0 Å². The Labute approximate surface area is 124 Å². The molecule has 0 spiro atoms. The van der Waals surface area contributed by atoms with Gasteiger partial charge in [0.2, 0.25) is 5.82 Å². The highest BCUT2D eigenvalue weighted by Crippen LogP contribution is 2.28. The molecule has 112 valence electrons. The first-order valence-corrected chi connectivity index (χ1v) is 8.01. The molecule has 0 aliphatic rings. The third kappa shape index (κ3) is 4.26. The van der Waals surface area contributed by atoms with Crippen LogP contribution in [-0.4, -0.2) is 41.6 Å². The number of nitro groups is 1. The Kier molecular flexibility index (Phi) is 6.57. The van der Waals surface area contributed by atoms with Gasteiger partial charge >= 0.3 is 5.69 Å². The minimum Gasteiger partial charge on any atom is -0.370 e. The van der Waals surface area contributed by atoms with Gasteiger partial charge in [-0.05, 0) is 38.3 Å². The molecule has 1 rings (SSSR count). The summed E-state index contributed by atoms with van der Waals surface area (Å²) in [5.74, 6) is 2.10. The van der Waals surface area contributed by atoms with Gasteiger partial charge in [-0.1, -0.05) is 0 Å². The third-order valence-corrected chi connectivity index (χ3v) is 3.79. The van der Waals surface area contributed by atoms with Gasteiger partial charge < -0.3 is 10.2 Å². The van der Waals surface area contributed by atoms with Crippen LogP contribution in [0.4, 0.5) is 17.3 Å². The Hall–Kier alpha value is -1.50. The van der Waals surface area contributed by atoms with E-state index in [-0.39, 0.29) is 16.7 Å². The van der Waals surface area contributed by atoms with E-state index in [1.54, 1.807) is 17.8 Å². The summed E-state index contributed by atoms with van der Waals surface area (Å²) >= 11 is 1.77. The molecular weight excluding hydrogens is 276 g/mol. The Balaban J connectivity index is 3.04. The van der Waals surface area contributed by atoms with Gasteiger partial charge in [0, 0.05) is 25.7 Å². The van der Waals surface area contributed by atoms with Crippen molar-refractivity contribution in [1.29, 1.82) is 0 Å². The largest absolute Gasteiger partial charge is 0.370 e. The molecule has 1 unspecified atom stereocenters. The molecule has 0 amide bonds. The fourth-order valence-corrected chi connectivity index (χ4v) is 2.39. The maximum atomic E-state index is 11.1. The lowest BCUT2D eigenvalue weighted by Crippen LogP contribution is -2.30. The van der Waals surface area contributed by atoms with Crippen LogP contribution < -0.4 is 10.2 Å². The lowest BCUT2D eigenvalue weighted by atomic mass is 10.2. The number of anilines is 2. The van der Waals surface area contributed by atoms with Gasteiger partial charge in [-0.3, -0.25) is 10.1 Å². The molecular formula is C13H22N4O2S. The lowest BCUT2D eigenvalue weighted by molar-refractivity contribution is -0.384. The maximum absolute atomic E-state index is 11.1. The van der Waals surface area contributed by atoms with Crippen molar-refractivity contribution < 1.29 is 4.92 Å². The Morgan fingerprint density at radius 1 is 1.55 bits per heavy atom. The molecule has 0 saturated carbocycles. The van der Waals surface area contributed by atoms with E-state index >= 15 is 0 Å². The molecule has 0 aliphatic heterocycles. The summed E-state index contributed by atoms with van der Waals surface area (Å²) in [6, 6.07) is 3.36. The molecule has 0 radical (unpaired) electrons. The Bertz CT molecular complexity index is 456. The second kappa shape index (κ2) is 7.94. The first-order valence-electron chi connectivity index (χ1n) is 6.62. The second-order valence-electron chi connectivity index (χ2n) is 4.57. The molecule has 0 fully saturated rings. The maximum Gasteiger partial charge on any atom is 0.311 e. The van der Waals surface area contributed by atoms with Crippen molar-refractivity contribution in [3.63, 3.8) is 0 Å². The predicted molar refractivity (Wildman–Crippen MR) is 85.9 cm³/mol. The van der Waals surface area contributed by atoms with E-state index in [4.69, 9.17) is 0 Å². The van der Waals surface area contributed by atoms with E-state index in [2.05, 4.69) is 23.5 Å². The molecule has 1 aromatic rings. The molecule has 0 aromatic carbocycles. The zero-order valence-corrected chi connectivity index (χ0v) is 13.2. The van der Waals surface area contributed by atoms with Gasteiger partial charge in [0.25, 0.3) is 0 Å². The number of rotatable bonds is 8. The summed E-state index contributed by atoms with van der Waals surface area (Å²) in [6.07, 6.45) is 3.02. The van der Waals surface area contributed by atoms with E-state index in [9.17, 15) is 10.1 Å². The summed E-state index contributed by atoms with van der Waals surface area (Å²) in [4.78, 5) is 17.0. The van der Waals surface area contributed by atoms with Crippen LogP contribution in [-0.2, 0) is 0 Å². The highest BCUT2D eigenvalue weighted by Gasteiger charge is 2.22. The fraction of sp³-hybridized carbons (Fsp3) is 0.615. The number of aromatic nitrogens is 1. The minimum atomic E-state index is -0.379. The highest BCUT2D eigenvalue weighted by atomic mass is 32.2. The van der Waals surface area contributed by atoms with E-state index in [0.29, 0.717) is 11.6 Å². The summed E-state index contributed by atoms with van der Waals surface area (Å²) in [5, 5.41) is 14.2. The zero-order valence-electron chi connectivity index (χ0n) is 12.4. The second-order valence-corrected chi connectivity index (χ2v) is 5.55. The van der Waals surface area contributed by atoms with Crippen LogP contribution in [0.3, 0.4) is 0 Å². The number of nitrogens with zero attached hydrogens (tertiary/aromatic N) is 3. The fourth-order valence-electron chi connectivity index (χ4n) is 1.81. The first-order chi connectivity index (χ1) is 9.51. The van der Waals surface area contributed by atoms with Gasteiger partial charge in [0.1, 0.15) is 5.82 Å². The van der Waals surface area contributed by atoms with Gasteiger partial charge in [0.05, 0.1) is 4.92 Å². The molecule has 0 saturated heterocycles. The van der Waals surface area contributed by atoms with Crippen molar-refractivity contribution in [3.8, 4) is 0 Å². The predicted octanol–water partition coefficient (Wildman–Crippen LogP) is 3.00. The summed E-state index contributed by atoms with van der Waals surface area (Å²) < 4.78 is 0. The molecule has 0 bridgehead atoms.